The number of aliphatic carboxylic acids is 1. The van der Waals surface area contributed by atoms with Gasteiger partial charge in [-0.3, -0.25) is 9.59 Å². The van der Waals surface area contributed by atoms with Gasteiger partial charge in [-0.1, -0.05) is 0 Å². The van der Waals surface area contributed by atoms with Crippen molar-refractivity contribution in [3.8, 4) is 0 Å². The molecule has 5 nitrogen and oxygen atoms in total. The molecule has 1 aromatic carbocycles. The predicted molar refractivity (Wildman–Crippen MR) is 74.6 cm³/mol. The molecular formula is C12H14INO4. The molecule has 2 N–H and O–H groups in total. The molecule has 0 radical (unpaired) electrons. The molecular weight excluding hydrogens is 349 g/mol. The molecule has 98 valence electrons. The Balaban J connectivity index is 2.17. The standard InChI is InChI=1S/C12H14INO4/c13-10-3-1-9(2-4-10)12(17)14-6-8-18-7-5-11(15)16/h1-4H,5-8H2,(H,14,17)(H,15,16). The number of carboxylic acids is 1. The zero-order chi connectivity index (χ0) is 13.4. The van der Waals surface area contributed by atoms with Crippen LogP contribution in [0.3, 0.4) is 0 Å². The maximum atomic E-state index is 11.6. The van der Waals surface area contributed by atoms with E-state index in [-0.39, 0.29) is 18.9 Å². The van der Waals surface area contributed by atoms with E-state index in [1.165, 1.54) is 0 Å². The number of carboxylic acid groups (broad SMARTS) is 1. The highest BCUT2D eigenvalue weighted by Crippen LogP contribution is 2.06. The Morgan fingerprint density at radius 3 is 2.50 bits per heavy atom. The maximum absolute atomic E-state index is 11.6. The van der Waals surface area contributed by atoms with Crippen LogP contribution in [0.15, 0.2) is 24.3 Å². The van der Waals surface area contributed by atoms with Gasteiger partial charge in [0.05, 0.1) is 19.6 Å². The molecule has 0 aliphatic carbocycles. The first-order valence-electron chi connectivity index (χ1n) is 5.43. The number of carbonyl (C=O) groups is 2. The number of hydrogen-bond acceptors (Lipinski definition) is 3. The number of rotatable bonds is 7. The molecule has 0 aromatic heterocycles. The summed E-state index contributed by atoms with van der Waals surface area (Å²) in [5.41, 5.74) is 0.598. The number of nitrogens with one attached hydrogen (secondary N) is 1. The van der Waals surface area contributed by atoms with E-state index in [4.69, 9.17) is 9.84 Å². The summed E-state index contributed by atoms with van der Waals surface area (Å²) in [4.78, 5) is 21.8. The number of halogens is 1. The Morgan fingerprint density at radius 2 is 1.89 bits per heavy atom. The number of hydrogen-bond donors (Lipinski definition) is 2. The van der Waals surface area contributed by atoms with E-state index in [0.29, 0.717) is 18.7 Å². The largest absolute Gasteiger partial charge is 0.481 e. The van der Waals surface area contributed by atoms with Gasteiger partial charge < -0.3 is 15.2 Å². The molecule has 0 atom stereocenters. The van der Waals surface area contributed by atoms with Gasteiger partial charge in [0.25, 0.3) is 5.91 Å². The van der Waals surface area contributed by atoms with Crippen LogP contribution in [0.2, 0.25) is 0 Å². The second-order valence-electron chi connectivity index (χ2n) is 3.52. The van der Waals surface area contributed by atoms with Crippen LogP contribution in [-0.4, -0.2) is 36.7 Å². The zero-order valence-electron chi connectivity index (χ0n) is 9.69. The minimum absolute atomic E-state index is 0.0227. The van der Waals surface area contributed by atoms with E-state index in [1.807, 2.05) is 12.1 Å². The highest BCUT2D eigenvalue weighted by Gasteiger charge is 2.04. The molecule has 0 spiro atoms. The number of amides is 1. The molecule has 1 amide bonds. The summed E-state index contributed by atoms with van der Waals surface area (Å²) in [6.07, 6.45) is -0.0227. The van der Waals surface area contributed by atoms with Crippen LogP contribution in [0.1, 0.15) is 16.8 Å². The van der Waals surface area contributed by atoms with Gasteiger partial charge in [-0.2, -0.15) is 0 Å². The van der Waals surface area contributed by atoms with Crippen molar-refractivity contribution in [3.05, 3.63) is 33.4 Å². The van der Waals surface area contributed by atoms with Crippen LogP contribution in [-0.2, 0) is 9.53 Å². The lowest BCUT2D eigenvalue weighted by Crippen LogP contribution is -2.27. The molecule has 0 bridgehead atoms. The van der Waals surface area contributed by atoms with E-state index in [1.54, 1.807) is 12.1 Å². The quantitative estimate of drug-likeness (QED) is 0.569. The van der Waals surface area contributed by atoms with Gasteiger partial charge in [-0.25, -0.2) is 0 Å². The van der Waals surface area contributed by atoms with Gasteiger partial charge in [-0.05, 0) is 46.9 Å². The Kier molecular flexibility index (Phi) is 6.66. The molecule has 6 heteroatoms. The van der Waals surface area contributed by atoms with Crippen LogP contribution in [0.25, 0.3) is 0 Å². The summed E-state index contributed by atoms with van der Waals surface area (Å²) in [7, 11) is 0. The van der Waals surface area contributed by atoms with Gasteiger partial charge in [0, 0.05) is 15.7 Å². The normalized spacial score (nSPS) is 10.1. The van der Waals surface area contributed by atoms with Crippen molar-refractivity contribution >= 4 is 34.5 Å². The summed E-state index contributed by atoms with van der Waals surface area (Å²) < 4.78 is 6.12. The summed E-state index contributed by atoms with van der Waals surface area (Å²) in [6, 6.07) is 7.22. The number of carbonyl (C=O) groups excluding carboxylic acids is 1. The average Bonchev–Trinajstić information content (AvgIpc) is 2.34. The van der Waals surface area contributed by atoms with Gasteiger partial charge in [0.2, 0.25) is 0 Å². The van der Waals surface area contributed by atoms with Crippen LogP contribution >= 0.6 is 22.6 Å². The highest BCUT2D eigenvalue weighted by molar-refractivity contribution is 14.1. The fourth-order valence-corrected chi connectivity index (χ4v) is 1.56. The molecule has 0 heterocycles. The molecule has 0 aliphatic heterocycles. The van der Waals surface area contributed by atoms with Crippen molar-refractivity contribution in [1.29, 1.82) is 0 Å². The lowest BCUT2D eigenvalue weighted by atomic mass is 10.2. The smallest absolute Gasteiger partial charge is 0.305 e. The van der Waals surface area contributed by atoms with E-state index in [9.17, 15) is 9.59 Å². The summed E-state index contributed by atoms with van der Waals surface area (Å²) in [5.74, 6) is -1.05. The van der Waals surface area contributed by atoms with Crippen LogP contribution in [0, 0.1) is 3.57 Å². The van der Waals surface area contributed by atoms with Crippen LogP contribution < -0.4 is 5.32 Å². The molecule has 1 rings (SSSR count). The van der Waals surface area contributed by atoms with Gasteiger partial charge in [0.1, 0.15) is 0 Å². The minimum Gasteiger partial charge on any atom is -0.481 e. The average molecular weight is 363 g/mol. The first-order chi connectivity index (χ1) is 8.59. The molecule has 0 saturated carbocycles. The number of ether oxygens (including phenoxy) is 1. The second kappa shape index (κ2) is 8.04. The van der Waals surface area contributed by atoms with Gasteiger partial charge >= 0.3 is 5.97 Å². The third-order valence-electron chi connectivity index (χ3n) is 2.10. The van der Waals surface area contributed by atoms with E-state index in [0.717, 1.165) is 3.57 Å². The lowest BCUT2D eigenvalue weighted by Gasteiger charge is -2.05. The Morgan fingerprint density at radius 1 is 1.22 bits per heavy atom. The second-order valence-corrected chi connectivity index (χ2v) is 4.76. The predicted octanol–water partition coefficient (Wildman–Crippen LogP) is 1.51. The van der Waals surface area contributed by atoms with Crippen molar-refractivity contribution in [2.24, 2.45) is 0 Å². The van der Waals surface area contributed by atoms with Crippen molar-refractivity contribution in [1.82, 2.24) is 5.32 Å². The monoisotopic (exact) mass is 363 g/mol. The fraction of sp³-hybridized carbons (Fsp3) is 0.333. The van der Waals surface area contributed by atoms with Crippen molar-refractivity contribution < 1.29 is 19.4 Å². The molecule has 0 unspecified atom stereocenters. The SMILES string of the molecule is O=C(O)CCOCCNC(=O)c1ccc(I)cc1. The molecule has 18 heavy (non-hydrogen) atoms. The van der Waals surface area contributed by atoms with E-state index < -0.39 is 5.97 Å². The van der Waals surface area contributed by atoms with Gasteiger partial charge in [0.15, 0.2) is 0 Å². The molecule has 0 aliphatic rings. The van der Waals surface area contributed by atoms with E-state index >= 15 is 0 Å². The fourth-order valence-electron chi connectivity index (χ4n) is 1.20. The molecule has 0 fully saturated rings. The third kappa shape index (κ3) is 5.97. The maximum Gasteiger partial charge on any atom is 0.305 e. The molecule has 0 saturated heterocycles. The first kappa shape index (κ1) is 14.9. The van der Waals surface area contributed by atoms with Crippen molar-refractivity contribution in [2.75, 3.05) is 19.8 Å². The lowest BCUT2D eigenvalue weighted by molar-refractivity contribution is -0.138. The topological polar surface area (TPSA) is 75.6 Å². The van der Waals surface area contributed by atoms with E-state index in [2.05, 4.69) is 27.9 Å². The summed E-state index contributed by atoms with van der Waals surface area (Å²) in [5, 5.41) is 11.1. The van der Waals surface area contributed by atoms with Gasteiger partial charge in [-0.15, -0.1) is 0 Å². The van der Waals surface area contributed by atoms with Crippen LogP contribution in [0.5, 0.6) is 0 Å². The van der Waals surface area contributed by atoms with Crippen LogP contribution in [0.4, 0.5) is 0 Å². The summed E-state index contributed by atoms with van der Waals surface area (Å²) >= 11 is 2.17. The highest BCUT2D eigenvalue weighted by atomic mass is 127. The zero-order valence-corrected chi connectivity index (χ0v) is 11.8. The Labute approximate surface area is 119 Å². The summed E-state index contributed by atoms with van der Waals surface area (Å²) in [6.45, 7) is 0.836. The van der Waals surface area contributed by atoms with Crippen molar-refractivity contribution in [3.63, 3.8) is 0 Å². The van der Waals surface area contributed by atoms with Crippen molar-refractivity contribution in [2.45, 2.75) is 6.42 Å². The first-order valence-corrected chi connectivity index (χ1v) is 6.51. The third-order valence-corrected chi connectivity index (χ3v) is 2.82. The Hall–Kier alpha value is -1.15. The number of benzene rings is 1. The molecule has 1 aromatic rings. The Bertz CT molecular complexity index is 405. The minimum atomic E-state index is -0.891.